The quantitative estimate of drug-likeness (QED) is 0.425. The highest BCUT2D eigenvalue weighted by atomic mass is 127. The van der Waals surface area contributed by atoms with Gasteiger partial charge in [0.1, 0.15) is 2.06 Å². The fourth-order valence-corrected chi connectivity index (χ4v) is 1.92. The number of anilines is 1. The maximum absolute atomic E-state index is 3.39. The molecule has 1 aromatic carbocycles. The van der Waals surface area contributed by atoms with Gasteiger partial charge < -0.3 is 5.32 Å². The summed E-state index contributed by atoms with van der Waals surface area (Å²) in [7, 11) is 0. The van der Waals surface area contributed by atoms with Crippen molar-refractivity contribution in [3.63, 3.8) is 0 Å². The third-order valence-electron chi connectivity index (χ3n) is 2.00. The average Bonchev–Trinajstić information content (AvgIpc) is 2.01. The van der Waals surface area contributed by atoms with E-state index in [1.54, 1.807) is 0 Å². The predicted octanol–water partition coefficient (Wildman–Crippen LogP) is 4.55. The van der Waals surface area contributed by atoms with Crippen LogP contribution in [-0.4, -0.2) is 2.06 Å². The Balaban J connectivity index is 2.90. The molecule has 0 atom stereocenters. The van der Waals surface area contributed by atoms with Gasteiger partial charge in [-0.1, -0.05) is 32.9 Å². The monoisotopic (exact) mass is 415 g/mol. The molecule has 0 aliphatic rings. The first-order chi connectivity index (χ1) is 6.39. The van der Waals surface area contributed by atoms with Crippen molar-refractivity contribution in [2.24, 2.45) is 0 Å². The molecule has 0 amide bonds. The number of hydrogen-bond donors (Lipinski definition) is 1. The molecule has 3 heteroatoms. The molecule has 0 spiro atoms. The molecule has 1 aromatic rings. The second-order valence-electron chi connectivity index (χ2n) is 4.28. The van der Waals surface area contributed by atoms with Crippen molar-refractivity contribution in [1.29, 1.82) is 0 Å². The summed E-state index contributed by atoms with van der Waals surface area (Å²) in [6, 6.07) is 8.63. The number of rotatable bonds is 2. The normalized spacial score (nSPS) is 11.9. The van der Waals surface area contributed by atoms with Gasteiger partial charge in [-0.25, -0.2) is 0 Å². The molecular formula is C11H15I2N. The van der Waals surface area contributed by atoms with E-state index in [4.69, 9.17) is 0 Å². The van der Waals surface area contributed by atoms with Crippen LogP contribution < -0.4 is 5.32 Å². The average molecular weight is 415 g/mol. The molecule has 0 aromatic heterocycles. The minimum atomic E-state index is 0.226. The molecule has 0 heterocycles. The highest BCUT2D eigenvalue weighted by Crippen LogP contribution is 2.25. The summed E-state index contributed by atoms with van der Waals surface area (Å²) < 4.78 is 0.431. The minimum Gasteiger partial charge on any atom is -0.365 e. The Hall–Kier alpha value is 0.480. The lowest BCUT2D eigenvalue weighted by Gasteiger charge is -2.20. The van der Waals surface area contributed by atoms with E-state index in [-0.39, 0.29) is 5.41 Å². The van der Waals surface area contributed by atoms with Gasteiger partial charge in [-0.2, -0.15) is 0 Å². The highest BCUT2D eigenvalue weighted by Gasteiger charge is 2.13. The minimum absolute atomic E-state index is 0.226. The zero-order valence-corrected chi connectivity index (χ0v) is 13.0. The second-order valence-corrected chi connectivity index (χ2v) is 9.15. The van der Waals surface area contributed by atoms with Gasteiger partial charge in [-0.15, -0.1) is 0 Å². The molecule has 1 nitrogen and oxygen atoms in total. The van der Waals surface area contributed by atoms with E-state index in [0.717, 1.165) is 0 Å². The predicted molar refractivity (Wildman–Crippen MR) is 80.6 cm³/mol. The molecule has 0 aliphatic heterocycles. The lowest BCUT2D eigenvalue weighted by Crippen LogP contribution is -2.12. The summed E-state index contributed by atoms with van der Waals surface area (Å²) in [6.45, 7) is 6.70. The van der Waals surface area contributed by atoms with Crippen molar-refractivity contribution in [2.75, 3.05) is 5.32 Å². The van der Waals surface area contributed by atoms with Crippen LogP contribution in [0.3, 0.4) is 0 Å². The van der Waals surface area contributed by atoms with Crippen LogP contribution in [0, 0.1) is 0 Å². The van der Waals surface area contributed by atoms with Crippen molar-refractivity contribution in [3.05, 3.63) is 29.8 Å². The third kappa shape index (κ3) is 3.92. The van der Waals surface area contributed by atoms with Gasteiger partial charge in [-0.3, -0.25) is 0 Å². The molecule has 0 aliphatic carbocycles. The Morgan fingerprint density at radius 3 is 2.36 bits per heavy atom. The van der Waals surface area contributed by atoms with Crippen LogP contribution in [0.25, 0.3) is 0 Å². The molecule has 0 radical (unpaired) electrons. The fourth-order valence-electron chi connectivity index (χ4n) is 1.20. The summed E-state index contributed by atoms with van der Waals surface area (Å²) >= 11 is 4.71. The van der Waals surface area contributed by atoms with Gasteiger partial charge in [0.15, 0.2) is 0 Å². The first kappa shape index (κ1) is 12.5. The number of benzene rings is 1. The Morgan fingerprint density at radius 1 is 1.21 bits per heavy atom. The van der Waals surface area contributed by atoms with Gasteiger partial charge in [0.2, 0.25) is 0 Å². The zero-order chi connectivity index (χ0) is 10.8. The summed E-state index contributed by atoms with van der Waals surface area (Å²) in [5.74, 6) is 0. The van der Waals surface area contributed by atoms with Crippen molar-refractivity contribution < 1.29 is 0 Å². The number of halogens is 2. The molecule has 0 bridgehead atoms. The smallest absolute Gasteiger partial charge is 0.130 e. The summed E-state index contributed by atoms with van der Waals surface area (Å²) in [4.78, 5) is 0. The number of alkyl halides is 2. The molecule has 0 saturated carbocycles. The van der Waals surface area contributed by atoms with Crippen LogP contribution in [0.1, 0.15) is 26.3 Å². The number of hydrogen-bond acceptors (Lipinski definition) is 1. The SMILES string of the molecule is CC(C)(C)c1cccc(NC(I)I)c1. The standard InChI is InChI=1S/C11H15I2N/c1-11(2,3)8-5-4-6-9(7-8)14-10(12)13/h4-7,10,14H,1-3H3. The molecule has 1 N–H and O–H groups in total. The van der Waals surface area contributed by atoms with Gasteiger partial charge in [-0.05, 0) is 68.3 Å². The zero-order valence-electron chi connectivity index (χ0n) is 8.64. The van der Waals surface area contributed by atoms with Crippen LogP contribution >= 0.6 is 45.2 Å². The van der Waals surface area contributed by atoms with Crippen molar-refractivity contribution >= 4 is 50.9 Å². The highest BCUT2D eigenvalue weighted by molar-refractivity contribution is 14.2. The first-order valence-corrected chi connectivity index (χ1v) is 7.04. The molecule has 0 saturated heterocycles. The van der Waals surface area contributed by atoms with Gasteiger partial charge in [0.25, 0.3) is 0 Å². The van der Waals surface area contributed by atoms with Crippen molar-refractivity contribution in [2.45, 2.75) is 28.2 Å². The largest absolute Gasteiger partial charge is 0.365 e. The molecular weight excluding hydrogens is 400 g/mol. The van der Waals surface area contributed by atoms with E-state index >= 15 is 0 Å². The lowest BCUT2D eigenvalue weighted by atomic mass is 9.87. The Kier molecular flexibility index (Phi) is 4.49. The van der Waals surface area contributed by atoms with Crippen LogP contribution in [-0.2, 0) is 5.41 Å². The van der Waals surface area contributed by atoms with E-state index in [2.05, 4.69) is 95.5 Å². The van der Waals surface area contributed by atoms with E-state index in [9.17, 15) is 0 Å². The molecule has 0 fully saturated rings. The number of nitrogens with one attached hydrogen (secondary N) is 1. The van der Waals surface area contributed by atoms with Crippen LogP contribution in [0.5, 0.6) is 0 Å². The maximum Gasteiger partial charge on any atom is 0.130 e. The van der Waals surface area contributed by atoms with Crippen LogP contribution in [0.4, 0.5) is 5.69 Å². The van der Waals surface area contributed by atoms with Gasteiger partial charge in [0.05, 0.1) is 0 Å². The van der Waals surface area contributed by atoms with Crippen molar-refractivity contribution in [3.8, 4) is 0 Å². The lowest BCUT2D eigenvalue weighted by molar-refractivity contribution is 0.590. The Morgan fingerprint density at radius 2 is 1.86 bits per heavy atom. The fraction of sp³-hybridized carbons (Fsp3) is 0.455. The summed E-state index contributed by atoms with van der Waals surface area (Å²) in [6.07, 6.45) is 0. The van der Waals surface area contributed by atoms with Gasteiger partial charge in [0, 0.05) is 5.69 Å². The van der Waals surface area contributed by atoms with Crippen molar-refractivity contribution in [1.82, 2.24) is 0 Å². The molecule has 14 heavy (non-hydrogen) atoms. The third-order valence-corrected chi connectivity index (χ3v) is 2.63. The molecule has 1 rings (SSSR count). The Labute approximate surface area is 113 Å². The van der Waals surface area contributed by atoms with E-state index in [1.807, 2.05) is 0 Å². The van der Waals surface area contributed by atoms with Crippen LogP contribution in [0.15, 0.2) is 24.3 Å². The summed E-state index contributed by atoms with van der Waals surface area (Å²) in [5, 5.41) is 3.39. The van der Waals surface area contributed by atoms with Crippen LogP contribution in [0.2, 0.25) is 0 Å². The Bertz CT molecular complexity index is 302. The van der Waals surface area contributed by atoms with E-state index < -0.39 is 0 Å². The second kappa shape index (κ2) is 5.01. The first-order valence-electron chi connectivity index (χ1n) is 4.55. The summed E-state index contributed by atoms with van der Waals surface area (Å²) in [5.41, 5.74) is 2.80. The topological polar surface area (TPSA) is 12.0 Å². The van der Waals surface area contributed by atoms with Gasteiger partial charge >= 0.3 is 0 Å². The molecule has 78 valence electrons. The maximum atomic E-state index is 3.39. The molecule has 0 unspecified atom stereocenters. The van der Waals surface area contributed by atoms with E-state index in [1.165, 1.54) is 11.3 Å². The van der Waals surface area contributed by atoms with E-state index in [0.29, 0.717) is 2.06 Å².